The van der Waals surface area contributed by atoms with Crippen molar-refractivity contribution in [3.63, 3.8) is 0 Å². The van der Waals surface area contributed by atoms with Crippen molar-refractivity contribution in [3.05, 3.63) is 78.1 Å². The minimum absolute atomic E-state index is 0.259. The van der Waals surface area contributed by atoms with Crippen molar-refractivity contribution < 1.29 is 23.5 Å². The molecule has 37 heavy (non-hydrogen) atoms. The first-order chi connectivity index (χ1) is 17.9. The molecule has 0 aliphatic heterocycles. The van der Waals surface area contributed by atoms with Gasteiger partial charge >= 0.3 is 5.97 Å². The summed E-state index contributed by atoms with van der Waals surface area (Å²) in [6, 6.07) is 9.87. The molecule has 3 heterocycles. The SMILES string of the molecule is CNC(=O)c1cnc(Nc2cc(C(=O)OC)ccn2)cc1Nc1cccc(-c2ncc(F)cn2)c1OC. The summed E-state index contributed by atoms with van der Waals surface area (Å²) in [6.07, 6.45) is 4.98. The summed E-state index contributed by atoms with van der Waals surface area (Å²) in [7, 11) is 4.28. The number of nitrogens with one attached hydrogen (secondary N) is 3. The molecular weight excluding hydrogens is 481 g/mol. The average Bonchev–Trinajstić information content (AvgIpc) is 2.93. The zero-order chi connectivity index (χ0) is 26.4. The fourth-order valence-corrected chi connectivity index (χ4v) is 3.45. The maximum Gasteiger partial charge on any atom is 0.338 e. The smallest absolute Gasteiger partial charge is 0.338 e. The molecule has 0 aliphatic rings. The summed E-state index contributed by atoms with van der Waals surface area (Å²) in [4.78, 5) is 41.0. The molecule has 0 aliphatic carbocycles. The Kier molecular flexibility index (Phi) is 7.48. The molecule has 0 saturated carbocycles. The number of benzene rings is 1. The van der Waals surface area contributed by atoms with Crippen LogP contribution in [-0.2, 0) is 4.74 Å². The molecule has 12 heteroatoms. The highest BCUT2D eigenvalue weighted by Gasteiger charge is 2.18. The number of esters is 1. The standard InChI is InChI=1S/C25H22FN7O4/c1-27-24(34)17-13-29-21(33-20-9-14(7-8-28-20)25(35)37-3)10-19(17)32-18-6-4-5-16(22(18)36-2)23-30-11-15(26)12-31-23/h4-13H,1-3H3,(H,27,34)(H2,28,29,32,33). The molecule has 0 unspecified atom stereocenters. The van der Waals surface area contributed by atoms with Gasteiger partial charge in [0.1, 0.15) is 11.6 Å². The van der Waals surface area contributed by atoms with Crippen LogP contribution in [0.3, 0.4) is 0 Å². The molecule has 0 atom stereocenters. The summed E-state index contributed by atoms with van der Waals surface area (Å²) in [6.45, 7) is 0. The van der Waals surface area contributed by atoms with Crippen molar-refractivity contribution in [1.29, 1.82) is 0 Å². The van der Waals surface area contributed by atoms with Crippen LogP contribution < -0.4 is 20.7 Å². The highest BCUT2D eigenvalue weighted by atomic mass is 19.1. The summed E-state index contributed by atoms with van der Waals surface area (Å²) in [5.41, 5.74) is 1.99. The zero-order valence-corrected chi connectivity index (χ0v) is 20.1. The van der Waals surface area contributed by atoms with Crippen LogP contribution >= 0.6 is 0 Å². The van der Waals surface area contributed by atoms with Crippen molar-refractivity contribution in [2.45, 2.75) is 0 Å². The molecule has 0 saturated heterocycles. The van der Waals surface area contributed by atoms with Crippen LogP contribution in [0.2, 0.25) is 0 Å². The maximum absolute atomic E-state index is 13.3. The molecule has 3 N–H and O–H groups in total. The number of nitrogens with zero attached hydrogens (tertiary/aromatic N) is 4. The maximum atomic E-state index is 13.3. The average molecular weight is 503 g/mol. The van der Waals surface area contributed by atoms with Crippen molar-refractivity contribution in [1.82, 2.24) is 25.3 Å². The number of pyridine rings is 2. The molecule has 1 aromatic carbocycles. The van der Waals surface area contributed by atoms with E-state index in [0.29, 0.717) is 39.9 Å². The number of hydrogen-bond acceptors (Lipinski definition) is 10. The number of rotatable bonds is 8. The van der Waals surface area contributed by atoms with Crippen molar-refractivity contribution in [2.24, 2.45) is 0 Å². The Bertz CT molecular complexity index is 1450. The van der Waals surface area contributed by atoms with Crippen molar-refractivity contribution in [2.75, 3.05) is 31.9 Å². The lowest BCUT2D eigenvalue weighted by molar-refractivity contribution is 0.0600. The molecule has 0 bridgehead atoms. The van der Waals surface area contributed by atoms with Gasteiger partial charge < -0.3 is 25.4 Å². The Balaban J connectivity index is 1.71. The van der Waals surface area contributed by atoms with Gasteiger partial charge in [0.25, 0.3) is 5.91 Å². The van der Waals surface area contributed by atoms with Gasteiger partial charge in [0.05, 0.1) is 54.7 Å². The van der Waals surface area contributed by atoms with Crippen LogP contribution in [0, 0.1) is 5.82 Å². The summed E-state index contributed by atoms with van der Waals surface area (Å²) < 4.78 is 23.7. The normalized spacial score (nSPS) is 10.4. The van der Waals surface area contributed by atoms with Crippen LogP contribution in [0.15, 0.2) is 61.2 Å². The molecule has 1 amide bonds. The Labute approximate surface area is 211 Å². The first-order valence-corrected chi connectivity index (χ1v) is 10.9. The highest BCUT2D eigenvalue weighted by molar-refractivity contribution is 6.00. The number of hydrogen-bond donors (Lipinski definition) is 3. The van der Waals surface area contributed by atoms with Gasteiger partial charge in [-0.3, -0.25) is 4.79 Å². The summed E-state index contributed by atoms with van der Waals surface area (Å²) in [5.74, 6) is -0.0885. The van der Waals surface area contributed by atoms with Gasteiger partial charge in [-0.05, 0) is 24.3 Å². The number of anilines is 4. The number of carbonyl (C=O) groups is 2. The monoisotopic (exact) mass is 503 g/mol. The lowest BCUT2D eigenvalue weighted by Gasteiger charge is -2.17. The second kappa shape index (κ2) is 11.1. The quantitative estimate of drug-likeness (QED) is 0.305. The fraction of sp³-hybridized carbons (Fsp3) is 0.120. The van der Waals surface area contributed by atoms with Crippen LogP contribution in [0.1, 0.15) is 20.7 Å². The van der Waals surface area contributed by atoms with Gasteiger partial charge in [-0.25, -0.2) is 29.1 Å². The van der Waals surface area contributed by atoms with Crippen LogP contribution in [0.4, 0.5) is 27.4 Å². The molecular formula is C25H22FN7O4. The first-order valence-electron chi connectivity index (χ1n) is 10.9. The zero-order valence-electron chi connectivity index (χ0n) is 20.1. The second-order valence-corrected chi connectivity index (χ2v) is 7.48. The van der Waals surface area contributed by atoms with E-state index in [0.717, 1.165) is 12.4 Å². The highest BCUT2D eigenvalue weighted by Crippen LogP contribution is 2.37. The van der Waals surface area contributed by atoms with Crippen molar-refractivity contribution in [3.8, 4) is 17.1 Å². The van der Waals surface area contributed by atoms with Crippen LogP contribution in [-0.4, -0.2) is 53.1 Å². The topological polar surface area (TPSA) is 140 Å². The molecule has 11 nitrogen and oxygen atoms in total. The Hall–Kier alpha value is -5.13. The van der Waals surface area contributed by atoms with E-state index in [4.69, 9.17) is 9.47 Å². The van der Waals surface area contributed by atoms with E-state index in [-0.39, 0.29) is 17.3 Å². The number of halogens is 1. The van der Waals surface area contributed by atoms with E-state index in [1.165, 1.54) is 45.8 Å². The lowest BCUT2D eigenvalue weighted by Crippen LogP contribution is -2.19. The predicted molar refractivity (Wildman–Crippen MR) is 134 cm³/mol. The minimum atomic E-state index is -0.560. The first kappa shape index (κ1) is 25.0. The number of methoxy groups -OCH3 is 2. The van der Waals surface area contributed by atoms with Crippen LogP contribution in [0.25, 0.3) is 11.4 Å². The molecule has 3 aromatic heterocycles. The third kappa shape index (κ3) is 5.59. The van der Waals surface area contributed by atoms with E-state index in [2.05, 4.69) is 35.9 Å². The van der Waals surface area contributed by atoms with E-state index in [1.807, 2.05) is 0 Å². The number of para-hydroxylation sites is 1. The van der Waals surface area contributed by atoms with E-state index >= 15 is 0 Å². The van der Waals surface area contributed by atoms with Gasteiger partial charge in [0, 0.05) is 25.5 Å². The number of ether oxygens (including phenoxy) is 2. The summed E-state index contributed by atoms with van der Waals surface area (Å²) in [5, 5.41) is 8.80. The molecule has 0 fully saturated rings. The van der Waals surface area contributed by atoms with E-state index in [1.54, 1.807) is 24.3 Å². The van der Waals surface area contributed by atoms with Gasteiger partial charge in [0.2, 0.25) is 0 Å². The Morgan fingerprint density at radius 3 is 2.35 bits per heavy atom. The molecule has 0 radical (unpaired) electrons. The van der Waals surface area contributed by atoms with Gasteiger partial charge in [-0.2, -0.15) is 0 Å². The fourth-order valence-electron chi connectivity index (χ4n) is 3.45. The van der Waals surface area contributed by atoms with E-state index < -0.39 is 11.8 Å². The van der Waals surface area contributed by atoms with Gasteiger partial charge in [0.15, 0.2) is 17.4 Å². The largest absolute Gasteiger partial charge is 0.494 e. The number of amides is 1. The number of aromatic nitrogens is 4. The Morgan fingerprint density at radius 2 is 1.65 bits per heavy atom. The predicted octanol–water partition coefficient (Wildman–Crippen LogP) is 3.71. The second-order valence-electron chi connectivity index (χ2n) is 7.48. The molecule has 4 rings (SSSR count). The van der Waals surface area contributed by atoms with Gasteiger partial charge in [-0.1, -0.05) is 6.07 Å². The van der Waals surface area contributed by atoms with Crippen LogP contribution in [0.5, 0.6) is 5.75 Å². The molecule has 0 spiro atoms. The lowest BCUT2D eigenvalue weighted by atomic mass is 10.1. The third-order valence-electron chi connectivity index (χ3n) is 5.16. The van der Waals surface area contributed by atoms with Crippen molar-refractivity contribution >= 4 is 34.9 Å². The minimum Gasteiger partial charge on any atom is -0.494 e. The Morgan fingerprint density at radius 1 is 0.892 bits per heavy atom. The number of carbonyl (C=O) groups excluding carboxylic acids is 2. The summed E-state index contributed by atoms with van der Waals surface area (Å²) >= 11 is 0. The van der Waals surface area contributed by atoms with E-state index in [9.17, 15) is 14.0 Å². The van der Waals surface area contributed by atoms with Gasteiger partial charge in [-0.15, -0.1) is 0 Å². The molecule has 4 aromatic rings. The molecule has 188 valence electrons. The third-order valence-corrected chi connectivity index (χ3v) is 5.16.